The fraction of sp³-hybridized carbons (Fsp3) is 0.0741. The van der Waals surface area contributed by atoms with E-state index in [0.29, 0.717) is 16.6 Å². The average molecular weight is 532 g/mol. The van der Waals surface area contributed by atoms with Crippen LogP contribution in [-0.2, 0) is 19.6 Å². The van der Waals surface area contributed by atoms with Crippen LogP contribution in [0.15, 0.2) is 89.8 Å². The van der Waals surface area contributed by atoms with E-state index in [2.05, 4.69) is 5.32 Å². The Morgan fingerprint density at radius 2 is 1.65 bits per heavy atom. The summed E-state index contributed by atoms with van der Waals surface area (Å²) in [6.07, 6.45) is -1.12. The number of nitrogens with zero attached hydrogens (tertiary/aromatic N) is 1. The van der Waals surface area contributed by atoms with Gasteiger partial charge in [-0.3, -0.25) is 4.79 Å². The third-order valence-electron chi connectivity index (χ3n) is 5.75. The van der Waals surface area contributed by atoms with Crippen molar-refractivity contribution < 1.29 is 22.7 Å². The highest BCUT2D eigenvalue weighted by molar-refractivity contribution is 7.89. The lowest BCUT2D eigenvalue weighted by molar-refractivity contribution is -0.123. The van der Waals surface area contributed by atoms with Crippen LogP contribution in [0.25, 0.3) is 31.6 Å². The highest BCUT2D eigenvalue weighted by atomic mass is 32.2. The van der Waals surface area contributed by atoms with Gasteiger partial charge in [-0.25, -0.2) is 23.3 Å². The summed E-state index contributed by atoms with van der Waals surface area (Å²) in [5.41, 5.74) is 2.34. The van der Waals surface area contributed by atoms with Crippen molar-refractivity contribution in [1.82, 2.24) is 4.98 Å². The van der Waals surface area contributed by atoms with E-state index in [1.165, 1.54) is 42.5 Å². The number of hydrogen-bond acceptors (Lipinski definition) is 7. The van der Waals surface area contributed by atoms with Gasteiger partial charge < -0.3 is 10.1 Å². The number of primary sulfonamides is 1. The molecule has 0 aliphatic carbocycles. The average Bonchev–Trinajstić information content (AvgIpc) is 3.32. The summed E-state index contributed by atoms with van der Waals surface area (Å²) in [7, 11) is -3.85. The number of anilines is 1. The Balaban J connectivity index is 1.40. The zero-order valence-corrected chi connectivity index (χ0v) is 21.2. The van der Waals surface area contributed by atoms with Crippen LogP contribution in [0.5, 0.6) is 0 Å². The smallest absolute Gasteiger partial charge is 0.339 e. The van der Waals surface area contributed by atoms with Gasteiger partial charge in [-0.1, -0.05) is 42.5 Å². The van der Waals surface area contributed by atoms with Crippen LogP contribution in [0.3, 0.4) is 0 Å². The summed E-state index contributed by atoms with van der Waals surface area (Å²) in [6, 6.07) is 24.3. The van der Waals surface area contributed by atoms with Crippen molar-refractivity contribution in [3.05, 3.63) is 90.5 Å². The first-order chi connectivity index (χ1) is 17.7. The van der Waals surface area contributed by atoms with Gasteiger partial charge in [-0.05, 0) is 54.8 Å². The molecule has 0 spiro atoms. The lowest BCUT2D eigenvalue weighted by Crippen LogP contribution is -2.30. The fourth-order valence-corrected chi connectivity index (χ4v) is 5.44. The molecule has 4 aromatic carbocycles. The summed E-state index contributed by atoms with van der Waals surface area (Å²) in [5.74, 6) is -1.21. The van der Waals surface area contributed by atoms with E-state index in [0.717, 1.165) is 26.2 Å². The van der Waals surface area contributed by atoms with Gasteiger partial charge in [0.1, 0.15) is 5.01 Å². The molecule has 5 rings (SSSR count). The number of carbonyl (C=O) groups is 2. The highest BCUT2D eigenvalue weighted by Gasteiger charge is 2.22. The Morgan fingerprint density at radius 1 is 0.946 bits per heavy atom. The normalized spacial score (nSPS) is 12.4. The van der Waals surface area contributed by atoms with E-state index in [1.54, 1.807) is 12.1 Å². The molecular formula is C27H21N3O5S2. The predicted molar refractivity (Wildman–Crippen MR) is 144 cm³/mol. The molecule has 0 bridgehead atoms. The molecule has 8 nitrogen and oxygen atoms in total. The molecule has 1 aromatic heterocycles. The molecule has 0 aliphatic heterocycles. The third kappa shape index (κ3) is 5.08. The van der Waals surface area contributed by atoms with E-state index in [1.807, 2.05) is 48.5 Å². The molecule has 0 saturated carbocycles. The van der Waals surface area contributed by atoms with Crippen molar-refractivity contribution in [2.75, 3.05) is 5.32 Å². The van der Waals surface area contributed by atoms with Crippen LogP contribution >= 0.6 is 11.3 Å². The van der Waals surface area contributed by atoms with Gasteiger partial charge in [-0.15, -0.1) is 11.3 Å². The largest absolute Gasteiger partial charge is 0.449 e. The van der Waals surface area contributed by atoms with Gasteiger partial charge in [0, 0.05) is 16.6 Å². The molecule has 1 atom stereocenters. The summed E-state index contributed by atoms with van der Waals surface area (Å²) < 4.78 is 29.4. The van der Waals surface area contributed by atoms with Crippen LogP contribution in [-0.4, -0.2) is 31.4 Å². The second-order valence-corrected chi connectivity index (χ2v) is 10.9. The first kappa shape index (κ1) is 24.6. The van der Waals surface area contributed by atoms with Gasteiger partial charge >= 0.3 is 5.97 Å². The number of rotatable bonds is 6. The van der Waals surface area contributed by atoms with Crippen molar-refractivity contribution in [1.29, 1.82) is 0 Å². The van der Waals surface area contributed by atoms with Crippen molar-refractivity contribution >= 4 is 59.9 Å². The summed E-state index contributed by atoms with van der Waals surface area (Å²) in [4.78, 5) is 30.6. The van der Waals surface area contributed by atoms with Crippen molar-refractivity contribution in [3.8, 4) is 10.6 Å². The Labute approximate surface area is 216 Å². The van der Waals surface area contributed by atoms with E-state index in [-0.39, 0.29) is 4.90 Å². The molecule has 10 heteroatoms. The molecule has 1 heterocycles. The standard InChI is InChI=1S/C27H21N3O5S2/c1-16(25(31)29-18-12-14-19(15-13-18)37(28,33)34)35-27(32)21-9-5-7-17-6-4-8-20(24(17)21)26-30-22-10-2-3-11-23(22)36-26/h2-16H,1H3,(H,29,31)(H2,28,33,34). The quantitative estimate of drug-likeness (QED) is 0.299. The number of ether oxygens (including phenoxy) is 1. The maximum Gasteiger partial charge on any atom is 0.339 e. The molecular weight excluding hydrogens is 510 g/mol. The molecule has 0 fully saturated rings. The maximum atomic E-state index is 13.2. The van der Waals surface area contributed by atoms with Gasteiger partial charge in [-0.2, -0.15) is 0 Å². The number of para-hydroxylation sites is 1. The van der Waals surface area contributed by atoms with Crippen molar-refractivity contribution in [2.45, 2.75) is 17.9 Å². The first-order valence-corrected chi connectivity index (χ1v) is 13.6. The van der Waals surface area contributed by atoms with Crippen molar-refractivity contribution in [2.24, 2.45) is 5.14 Å². The fourth-order valence-electron chi connectivity index (χ4n) is 3.93. The molecule has 0 radical (unpaired) electrons. The number of aromatic nitrogens is 1. The topological polar surface area (TPSA) is 128 Å². The predicted octanol–water partition coefficient (Wildman–Crippen LogP) is 4.95. The number of nitrogens with one attached hydrogen (secondary N) is 1. The minimum atomic E-state index is -3.85. The van der Waals surface area contributed by atoms with Gasteiger partial charge in [0.25, 0.3) is 5.91 Å². The van der Waals surface area contributed by atoms with Crippen LogP contribution in [0.2, 0.25) is 0 Å². The van der Waals surface area contributed by atoms with Gasteiger partial charge in [0.15, 0.2) is 6.10 Å². The lowest BCUT2D eigenvalue weighted by Gasteiger charge is -2.15. The number of benzene rings is 4. The number of esters is 1. The molecule has 1 amide bonds. The zero-order chi connectivity index (χ0) is 26.2. The van der Waals surface area contributed by atoms with Crippen LogP contribution < -0.4 is 10.5 Å². The monoisotopic (exact) mass is 531 g/mol. The lowest BCUT2D eigenvalue weighted by atomic mass is 9.99. The van der Waals surface area contributed by atoms with Crippen LogP contribution in [0.1, 0.15) is 17.3 Å². The van der Waals surface area contributed by atoms with Crippen LogP contribution in [0, 0.1) is 0 Å². The van der Waals surface area contributed by atoms with Crippen molar-refractivity contribution in [3.63, 3.8) is 0 Å². The Hall–Kier alpha value is -4.12. The number of nitrogens with two attached hydrogens (primary N) is 1. The molecule has 3 N–H and O–H groups in total. The van der Waals surface area contributed by atoms with E-state index < -0.39 is 28.0 Å². The number of thiazole rings is 1. The second-order valence-electron chi connectivity index (χ2n) is 8.30. The molecule has 186 valence electrons. The SMILES string of the molecule is CC(OC(=O)c1cccc2cccc(-c3nc4ccccc4s3)c12)C(=O)Nc1ccc(S(N)(=O)=O)cc1. The number of carbonyl (C=O) groups excluding carboxylic acids is 2. The summed E-state index contributed by atoms with van der Waals surface area (Å²) in [5, 5.41) is 10.0. The van der Waals surface area contributed by atoms with Gasteiger partial charge in [0.2, 0.25) is 10.0 Å². The maximum absolute atomic E-state index is 13.2. The van der Waals surface area contributed by atoms with E-state index >= 15 is 0 Å². The van der Waals surface area contributed by atoms with Crippen LogP contribution in [0.4, 0.5) is 5.69 Å². The highest BCUT2D eigenvalue weighted by Crippen LogP contribution is 2.36. The Morgan fingerprint density at radius 3 is 2.35 bits per heavy atom. The minimum Gasteiger partial charge on any atom is -0.449 e. The molecule has 0 saturated heterocycles. The minimum absolute atomic E-state index is 0.0788. The summed E-state index contributed by atoms with van der Waals surface area (Å²) in [6.45, 7) is 1.46. The number of amides is 1. The van der Waals surface area contributed by atoms with E-state index in [9.17, 15) is 18.0 Å². The Kier molecular flexibility index (Phi) is 6.46. The number of hydrogen-bond donors (Lipinski definition) is 2. The number of fused-ring (bicyclic) bond motifs is 2. The first-order valence-electron chi connectivity index (χ1n) is 11.2. The Bertz CT molecular complexity index is 1720. The second kappa shape index (κ2) is 9.74. The van der Waals surface area contributed by atoms with E-state index in [4.69, 9.17) is 14.9 Å². The van der Waals surface area contributed by atoms with Gasteiger partial charge in [0.05, 0.1) is 20.7 Å². The summed E-state index contributed by atoms with van der Waals surface area (Å²) >= 11 is 1.54. The number of sulfonamides is 1. The molecule has 37 heavy (non-hydrogen) atoms. The molecule has 5 aromatic rings. The molecule has 0 aliphatic rings. The third-order valence-corrected chi connectivity index (χ3v) is 7.75. The zero-order valence-electron chi connectivity index (χ0n) is 19.5. The molecule has 1 unspecified atom stereocenters.